The molecular weight excluding hydrogens is 317 g/mol. The van der Waals surface area contributed by atoms with Crippen molar-refractivity contribution in [2.75, 3.05) is 5.32 Å². The smallest absolute Gasteiger partial charge is 0.417 e. The van der Waals surface area contributed by atoms with Crippen molar-refractivity contribution in [2.45, 2.75) is 0 Å². The van der Waals surface area contributed by atoms with Crippen molar-refractivity contribution < 1.29 is 19.4 Å². The molecule has 2 aromatic carbocycles. The Hall–Kier alpha value is -2.24. The number of nitrogens with one attached hydrogen (secondary N) is 1. The van der Waals surface area contributed by atoms with Crippen LogP contribution in [0.1, 0.15) is 10.4 Å². The molecule has 5 nitrogen and oxygen atoms in total. The second-order valence-electron chi connectivity index (χ2n) is 3.94. The molecule has 0 aromatic heterocycles. The standard InChI is InChI=1S/C14H9Cl2NO4/c15-8-6-10(13(18)19)12(11(16)7-8)17-14(20)21-9-4-2-1-3-5-9/h1-7H,(H,17,20)(H,18,19). The highest BCUT2D eigenvalue weighted by Crippen LogP contribution is 2.30. The number of carboxylic acids is 1. The second-order valence-corrected chi connectivity index (χ2v) is 4.79. The molecule has 0 saturated heterocycles. The van der Waals surface area contributed by atoms with Gasteiger partial charge in [0.25, 0.3) is 0 Å². The molecule has 2 rings (SSSR count). The minimum Gasteiger partial charge on any atom is -0.478 e. The normalized spacial score (nSPS) is 10.0. The number of amides is 1. The van der Waals surface area contributed by atoms with Crippen LogP contribution in [0.4, 0.5) is 10.5 Å². The third kappa shape index (κ3) is 3.87. The van der Waals surface area contributed by atoms with Crippen molar-refractivity contribution in [1.82, 2.24) is 0 Å². The maximum atomic E-state index is 11.8. The van der Waals surface area contributed by atoms with Gasteiger partial charge in [-0.05, 0) is 24.3 Å². The molecule has 1 amide bonds. The summed E-state index contributed by atoms with van der Waals surface area (Å²) in [5.74, 6) is -0.952. The molecule has 0 aliphatic heterocycles. The van der Waals surface area contributed by atoms with Crippen LogP contribution in [0.5, 0.6) is 5.75 Å². The Bertz CT molecular complexity index is 689. The van der Waals surface area contributed by atoms with Crippen LogP contribution >= 0.6 is 23.2 Å². The first-order valence-corrected chi connectivity index (χ1v) is 6.49. The molecular formula is C14H9Cl2NO4. The van der Waals surface area contributed by atoms with Crippen molar-refractivity contribution >= 4 is 41.0 Å². The first-order chi connectivity index (χ1) is 9.97. The van der Waals surface area contributed by atoms with Gasteiger partial charge in [-0.2, -0.15) is 0 Å². The molecule has 0 radical (unpaired) electrons. The van der Waals surface area contributed by atoms with Crippen molar-refractivity contribution in [3.8, 4) is 5.75 Å². The third-order valence-corrected chi connectivity index (χ3v) is 2.98. The average molecular weight is 326 g/mol. The SMILES string of the molecule is O=C(Nc1c(Cl)cc(Cl)cc1C(=O)O)Oc1ccccc1. The highest BCUT2D eigenvalue weighted by Gasteiger charge is 2.18. The van der Waals surface area contributed by atoms with Gasteiger partial charge in [-0.3, -0.25) is 5.32 Å². The van der Waals surface area contributed by atoms with Gasteiger partial charge >= 0.3 is 12.1 Å². The molecule has 7 heteroatoms. The number of carbonyl (C=O) groups is 2. The quantitative estimate of drug-likeness (QED) is 0.881. The first kappa shape index (κ1) is 15.2. The molecule has 0 spiro atoms. The van der Waals surface area contributed by atoms with Crippen LogP contribution in [0.2, 0.25) is 10.0 Å². The van der Waals surface area contributed by atoms with Crippen LogP contribution in [-0.4, -0.2) is 17.2 Å². The van der Waals surface area contributed by atoms with Crippen LogP contribution in [0, 0.1) is 0 Å². The minimum absolute atomic E-state index is 0.00455. The lowest BCUT2D eigenvalue weighted by atomic mass is 10.2. The van der Waals surface area contributed by atoms with Gasteiger partial charge in [0.15, 0.2) is 0 Å². The number of carbonyl (C=O) groups excluding carboxylic acids is 1. The van der Waals surface area contributed by atoms with E-state index in [4.69, 9.17) is 33.0 Å². The largest absolute Gasteiger partial charge is 0.478 e. The van der Waals surface area contributed by atoms with Crippen molar-refractivity contribution in [3.05, 3.63) is 58.1 Å². The van der Waals surface area contributed by atoms with E-state index in [9.17, 15) is 9.59 Å². The van der Waals surface area contributed by atoms with Gasteiger partial charge in [-0.1, -0.05) is 41.4 Å². The molecule has 108 valence electrons. The predicted octanol–water partition coefficient (Wildman–Crippen LogP) is 4.30. The number of ether oxygens (including phenoxy) is 1. The van der Waals surface area contributed by atoms with Crippen LogP contribution in [-0.2, 0) is 0 Å². The Labute approximate surface area is 130 Å². The monoisotopic (exact) mass is 325 g/mol. The Morgan fingerprint density at radius 2 is 1.76 bits per heavy atom. The summed E-state index contributed by atoms with van der Waals surface area (Å²) in [6.07, 6.45) is -0.854. The fourth-order valence-electron chi connectivity index (χ4n) is 1.59. The lowest BCUT2D eigenvalue weighted by molar-refractivity contribution is 0.0698. The number of rotatable bonds is 3. The fourth-order valence-corrected chi connectivity index (χ4v) is 2.13. The maximum absolute atomic E-state index is 11.8. The van der Waals surface area contributed by atoms with Gasteiger partial charge in [0, 0.05) is 5.02 Å². The Morgan fingerprint density at radius 3 is 2.38 bits per heavy atom. The fraction of sp³-hybridized carbons (Fsp3) is 0. The molecule has 0 saturated carbocycles. The highest BCUT2D eigenvalue weighted by atomic mass is 35.5. The molecule has 0 atom stereocenters. The number of hydrogen-bond acceptors (Lipinski definition) is 3. The third-order valence-electron chi connectivity index (χ3n) is 2.47. The lowest BCUT2D eigenvalue weighted by Crippen LogP contribution is -2.19. The van der Waals surface area contributed by atoms with E-state index in [2.05, 4.69) is 5.32 Å². The van der Waals surface area contributed by atoms with Gasteiger partial charge in [-0.25, -0.2) is 9.59 Å². The topological polar surface area (TPSA) is 75.6 Å². The first-order valence-electron chi connectivity index (χ1n) is 5.73. The summed E-state index contributed by atoms with van der Waals surface area (Å²) in [5.41, 5.74) is -0.299. The number of halogens is 2. The maximum Gasteiger partial charge on any atom is 0.417 e. The summed E-state index contributed by atoms with van der Waals surface area (Å²) in [6.45, 7) is 0. The molecule has 0 aliphatic rings. The molecule has 0 heterocycles. The number of benzene rings is 2. The summed E-state index contributed by atoms with van der Waals surface area (Å²) < 4.78 is 5.00. The Kier molecular flexibility index (Phi) is 4.67. The van der Waals surface area contributed by atoms with E-state index >= 15 is 0 Å². The van der Waals surface area contributed by atoms with E-state index < -0.39 is 12.1 Å². The molecule has 0 bridgehead atoms. The van der Waals surface area contributed by atoms with Crippen LogP contribution < -0.4 is 10.1 Å². The summed E-state index contributed by atoms with van der Waals surface area (Å²) in [6, 6.07) is 10.8. The van der Waals surface area contributed by atoms with Gasteiger partial charge < -0.3 is 9.84 Å². The predicted molar refractivity (Wildman–Crippen MR) is 79.5 cm³/mol. The number of carboxylic acid groups (broad SMARTS) is 1. The Balaban J connectivity index is 2.23. The number of anilines is 1. The van der Waals surface area contributed by atoms with E-state index in [1.54, 1.807) is 30.3 Å². The van der Waals surface area contributed by atoms with Crippen LogP contribution in [0.15, 0.2) is 42.5 Å². The minimum atomic E-state index is -1.27. The van der Waals surface area contributed by atoms with Crippen molar-refractivity contribution in [2.24, 2.45) is 0 Å². The number of aromatic carboxylic acids is 1. The molecule has 0 aliphatic carbocycles. The van der Waals surface area contributed by atoms with Crippen molar-refractivity contribution in [3.63, 3.8) is 0 Å². The zero-order chi connectivity index (χ0) is 15.4. The van der Waals surface area contributed by atoms with Gasteiger partial charge in [0.05, 0.1) is 16.3 Å². The summed E-state index contributed by atoms with van der Waals surface area (Å²) in [4.78, 5) is 22.9. The number of hydrogen-bond donors (Lipinski definition) is 2. The number of para-hydroxylation sites is 1. The molecule has 0 unspecified atom stereocenters. The van der Waals surface area contributed by atoms with Gasteiger partial charge in [0.2, 0.25) is 0 Å². The van der Waals surface area contributed by atoms with Gasteiger partial charge in [-0.15, -0.1) is 0 Å². The van der Waals surface area contributed by atoms with E-state index in [-0.39, 0.29) is 21.3 Å². The average Bonchev–Trinajstić information content (AvgIpc) is 2.42. The van der Waals surface area contributed by atoms with Gasteiger partial charge in [0.1, 0.15) is 5.75 Å². The van der Waals surface area contributed by atoms with Crippen LogP contribution in [0.3, 0.4) is 0 Å². The summed E-state index contributed by atoms with van der Waals surface area (Å²) in [7, 11) is 0. The lowest BCUT2D eigenvalue weighted by Gasteiger charge is -2.11. The second kappa shape index (κ2) is 6.47. The Morgan fingerprint density at radius 1 is 1.10 bits per heavy atom. The van der Waals surface area contributed by atoms with E-state index in [1.807, 2.05) is 0 Å². The molecule has 2 aromatic rings. The molecule has 21 heavy (non-hydrogen) atoms. The summed E-state index contributed by atoms with van der Waals surface area (Å²) >= 11 is 11.6. The van der Waals surface area contributed by atoms with Crippen molar-refractivity contribution in [1.29, 1.82) is 0 Å². The zero-order valence-electron chi connectivity index (χ0n) is 10.5. The van der Waals surface area contributed by atoms with E-state index in [0.717, 1.165) is 0 Å². The van der Waals surface area contributed by atoms with E-state index in [0.29, 0.717) is 5.75 Å². The highest BCUT2D eigenvalue weighted by molar-refractivity contribution is 6.37. The zero-order valence-corrected chi connectivity index (χ0v) is 12.0. The van der Waals surface area contributed by atoms with E-state index in [1.165, 1.54) is 12.1 Å². The summed E-state index contributed by atoms with van der Waals surface area (Å²) in [5, 5.41) is 11.6. The molecule has 2 N–H and O–H groups in total. The molecule has 0 fully saturated rings. The van der Waals surface area contributed by atoms with Crippen LogP contribution in [0.25, 0.3) is 0 Å².